The van der Waals surface area contributed by atoms with E-state index in [0.29, 0.717) is 11.5 Å². The van der Waals surface area contributed by atoms with Crippen LogP contribution in [0.4, 0.5) is 0 Å². The van der Waals surface area contributed by atoms with E-state index >= 15 is 0 Å². The quantitative estimate of drug-likeness (QED) is 0.839. The van der Waals surface area contributed by atoms with E-state index in [0.717, 1.165) is 5.56 Å². The Labute approximate surface area is 108 Å². The number of hydrogen-bond acceptors (Lipinski definition) is 4. The molecule has 4 nitrogen and oxygen atoms in total. The topological polar surface area (TPSA) is 55.8 Å². The summed E-state index contributed by atoms with van der Waals surface area (Å²) in [6.07, 6.45) is -0.680. The molecule has 0 radical (unpaired) electrons. The van der Waals surface area contributed by atoms with Gasteiger partial charge in [-0.3, -0.25) is 4.79 Å². The highest BCUT2D eigenvalue weighted by atomic mass is 16.5. The van der Waals surface area contributed by atoms with Crippen molar-refractivity contribution in [3.63, 3.8) is 0 Å². The van der Waals surface area contributed by atoms with Gasteiger partial charge in [-0.2, -0.15) is 0 Å². The minimum atomic E-state index is -0.969. The van der Waals surface area contributed by atoms with Gasteiger partial charge in [0.2, 0.25) is 0 Å². The molecule has 0 aromatic heterocycles. The molecule has 0 spiro atoms. The summed E-state index contributed by atoms with van der Waals surface area (Å²) in [5.74, 6) is 0.912. The van der Waals surface area contributed by atoms with Crippen LogP contribution in [0.15, 0.2) is 18.2 Å². The fraction of sp³-hybridized carbons (Fsp3) is 0.500. The summed E-state index contributed by atoms with van der Waals surface area (Å²) >= 11 is 0. The van der Waals surface area contributed by atoms with E-state index in [1.165, 1.54) is 0 Å². The molecule has 0 saturated carbocycles. The molecule has 0 amide bonds. The molecular formula is C14H20O4. The molecule has 1 aromatic rings. The number of aliphatic hydroxyl groups excluding tert-OH is 1. The van der Waals surface area contributed by atoms with Crippen LogP contribution >= 0.6 is 0 Å². The Hall–Kier alpha value is -1.55. The van der Waals surface area contributed by atoms with Crippen LogP contribution in [0.2, 0.25) is 0 Å². The number of Topliss-reactive ketones (excluding diaryl/α,β-unsaturated/α-hetero) is 1. The lowest BCUT2D eigenvalue weighted by atomic mass is 9.98. The van der Waals surface area contributed by atoms with E-state index in [1.807, 2.05) is 6.07 Å². The van der Waals surface area contributed by atoms with Gasteiger partial charge in [0.25, 0.3) is 0 Å². The summed E-state index contributed by atoms with van der Waals surface area (Å²) in [6.45, 7) is 3.56. The fourth-order valence-corrected chi connectivity index (χ4v) is 1.72. The maximum absolute atomic E-state index is 11.6. The number of rotatable bonds is 6. The van der Waals surface area contributed by atoms with E-state index in [9.17, 15) is 9.90 Å². The summed E-state index contributed by atoms with van der Waals surface area (Å²) < 4.78 is 10.3. The molecule has 18 heavy (non-hydrogen) atoms. The second-order valence-corrected chi connectivity index (χ2v) is 4.47. The van der Waals surface area contributed by atoms with E-state index < -0.39 is 6.10 Å². The highest BCUT2D eigenvalue weighted by Gasteiger charge is 2.19. The lowest BCUT2D eigenvalue weighted by Gasteiger charge is -2.14. The Morgan fingerprint density at radius 1 is 1.22 bits per heavy atom. The van der Waals surface area contributed by atoms with Crippen LogP contribution in [-0.4, -0.2) is 31.2 Å². The molecular weight excluding hydrogens is 232 g/mol. The van der Waals surface area contributed by atoms with Gasteiger partial charge in [-0.1, -0.05) is 19.9 Å². The molecule has 0 aliphatic rings. The molecule has 1 atom stereocenters. The van der Waals surface area contributed by atoms with Crippen molar-refractivity contribution in [1.82, 2.24) is 0 Å². The molecule has 0 heterocycles. The fourth-order valence-electron chi connectivity index (χ4n) is 1.72. The van der Waals surface area contributed by atoms with Crippen LogP contribution in [0.3, 0.4) is 0 Å². The lowest BCUT2D eigenvalue weighted by Crippen LogP contribution is -2.27. The lowest BCUT2D eigenvalue weighted by molar-refractivity contribution is -0.130. The number of hydrogen-bond donors (Lipinski definition) is 1. The third-order valence-corrected chi connectivity index (χ3v) is 2.77. The van der Waals surface area contributed by atoms with Gasteiger partial charge in [0.1, 0.15) is 6.10 Å². The number of ketones is 1. The number of aliphatic hydroxyl groups is 1. The zero-order valence-electron chi connectivity index (χ0n) is 11.3. The average Bonchev–Trinajstić information content (AvgIpc) is 2.37. The first kappa shape index (κ1) is 14.5. The molecule has 0 fully saturated rings. The Kier molecular flexibility index (Phi) is 5.16. The third kappa shape index (κ3) is 3.47. The SMILES string of the molecule is COc1ccc(C[C@@H](O)C(=O)C(C)C)cc1OC. The predicted octanol–water partition coefficient (Wildman–Crippen LogP) is 1.83. The molecule has 0 aliphatic heterocycles. The van der Waals surface area contributed by atoms with Crippen molar-refractivity contribution in [2.45, 2.75) is 26.4 Å². The van der Waals surface area contributed by atoms with E-state index in [4.69, 9.17) is 9.47 Å². The molecule has 1 aromatic carbocycles. The summed E-state index contributed by atoms with van der Waals surface area (Å²) in [4.78, 5) is 11.6. The van der Waals surface area contributed by atoms with Crippen LogP contribution in [0.1, 0.15) is 19.4 Å². The molecule has 0 aliphatic carbocycles. The van der Waals surface area contributed by atoms with Gasteiger partial charge < -0.3 is 14.6 Å². The van der Waals surface area contributed by atoms with Crippen molar-refractivity contribution in [2.24, 2.45) is 5.92 Å². The van der Waals surface area contributed by atoms with Gasteiger partial charge in [0.05, 0.1) is 14.2 Å². The summed E-state index contributed by atoms with van der Waals surface area (Å²) in [6, 6.07) is 5.36. The zero-order chi connectivity index (χ0) is 13.7. The molecule has 1 N–H and O–H groups in total. The molecule has 1 rings (SSSR count). The first-order valence-electron chi connectivity index (χ1n) is 5.92. The monoisotopic (exact) mass is 252 g/mol. The van der Waals surface area contributed by atoms with Gasteiger partial charge in [0, 0.05) is 12.3 Å². The highest BCUT2D eigenvalue weighted by Crippen LogP contribution is 2.28. The number of methoxy groups -OCH3 is 2. The first-order valence-corrected chi connectivity index (χ1v) is 5.92. The molecule has 0 unspecified atom stereocenters. The summed E-state index contributed by atoms with van der Waals surface area (Å²) in [5, 5.41) is 9.81. The average molecular weight is 252 g/mol. The van der Waals surface area contributed by atoms with Crippen LogP contribution in [-0.2, 0) is 11.2 Å². The molecule has 0 saturated heterocycles. The van der Waals surface area contributed by atoms with Gasteiger partial charge in [0.15, 0.2) is 17.3 Å². The van der Waals surface area contributed by atoms with Crippen molar-refractivity contribution in [1.29, 1.82) is 0 Å². The van der Waals surface area contributed by atoms with Crippen molar-refractivity contribution in [2.75, 3.05) is 14.2 Å². The van der Waals surface area contributed by atoms with Crippen LogP contribution < -0.4 is 9.47 Å². The Morgan fingerprint density at radius 2 is 1.83 bits per heavy atom. The van der Waals surface area contributed by atoms with Crippen molar-refractivity contribution in [3.8, 4) is 11.5 Å². The van der Waals surface area contributed by atoms with Crippen molar-refractivity contribution in [3.05, 3.63) is 23.8 Å². The second kappa shape index (κ2) is 6.40. The zero-order valence-corrected chi connectivity index (χ0v) is 11.3. The molecule has 4 heteroatoms. The summed E-state index contributed by atoms with van der Waals surface area (Å²) in [5.41, 5.74) is 0.842. The van der Waals surface area contributed by atoms with E-state index in [1.54, 1.807) is 40.2 Å². The highest BCUT2D eigenvalue weighted by molar-refractivity contribution is 5.84. The second-order valence-electron chi connectivity index (χ2n) is 4.47. The first-order chi connectivity index (χ1) is 8.49. The number of benzene rings is 1. The minimum absolute atomic E-state index is 0.148. The van der Waals surface area contributed by atoms with Gasteiger partial charge in [-0.25, -0.2) is 0 Å². The number of carbonyl (C=O) groups excluding carboxylic acids is 1. The van der Waals surface area contributed by atoms with Crippen molar-refractivity contribution >= 4 is 5.78 Å². The standard InChI is InChI=1S/C14H20O4/c1-9(2)14(16)11(15)7-10-5-6-12(17-3)13(8-10)18-4/h5-6,8-9,11,15H,7H2,1-4H3/t11-/m1/s1. The van der Waals surface area contributed by atoms with Gasteiger partial charge in [-0.05, 0) is 17.7 Å². The van der Waals surface area contributed by atoms with Crippen LogP contribution in [0.25, 0.3) is 0 Å². The Bertz CT molecular complexity index is 412. The van der Waals surface area contributed by atoms with Gasteiger partial charge >= 0.3 is 0 Å². The van der Waals surface area contributed by atoms with Crippen LogP contribution in [0.5, 0.6) is 11.5 Å². The maximum Gasteiger partial charge on any atom is 0.164 e. The summed E-state index contributed by atoms with van der Waals surface area (Å²) in [7, 11) is 3.12. The molecule has 0 bridgehead atoms. The van der Waals surface area contributed by atoms with Crippen LogP contribution in [0, 0.1) is 5.92 Å². The maximum atomic E-state index is 11.6. The van der Waals surface area contributed by atoms with Crippen molar-refractivity contribution < 1.29 is 19.4 Å². The van der Waals surface area contributed by atoms with E-state index in [-0.39, 0.29) is 18.1 Å². The number of carbonyl (C=O) groups is 1. The van der Waals surface area contributed by atoms with Gasteiger partial charge in [-0.15, -0.1) is 0 Å². The number of ether oxygens (including phenoxy) is 2. The van der Waals surface area contributed by atoms with E-state index in [2.05, 4.69) is 0 Å². The Balaban J connectivity index is 2.82. The predicted molar refractivity (Wildman–Crippen MR) is 69.1 cm³/mol. The normalized spacial score (nSPS) is 12.3. The smallest absolute Gasteiger partial charge is 0.164 e. The third-order valence-electron chi connectivity index (χ3n) is 2.77. The Morgan fingerprint density at radius 3 is 2.33 bits per heavy atom. The molecule has 100 valence electrons. The largest absolute Gasteiger partial charge is 0.493 e. The minimum Gasteiger partial charge on any atom is -0.493 e.